The zero-order chi connectivity index (χ0) is 27.2. The summed E-state index contributed by atoms with van der Waals surface area (Å²) in [6.45, 7) is 8.38. The molecule has 10 nitrogen and oxygen atoms in total. The molecule has 38 heavy (non-hydrogen) atoms. The summed E-state index contributed by atoms with van der Waals surface area (Å²) in [7, 11) is 0. The fourth-order valence-corrected chi connectivity index (χ4v) is 3.54. The van der Waals surface area contributed by atoms with E-state index in [0.29, 0.717) is 62.6 Å². The highest BCUT2D eigenvalue weighted by Crippen LogP contribution is 2.14. The standard InChI is InChI=1S/C28H36N6O4/c1-20(2)18-22-4-10-25(11-5-22)28(36)29-13-15-38-17-16-37-14-12-26(35)30-19-23-6-8-24(9-7-23)27-33-31-21(3)32-34-27/h4-11,20H,12-19H2,1-3H3,(H,29,36)(H,30,35). The van der Waals surface area contributed by atoms with Gasteiger partial charge in [-0.3, -0.25) is 9.59 Å². The van der Waals surface area contributed by atoms with Gasteiger partial charge in [-0.25, -0.2) is 0 Å². The van der Waals surface area contributed by atoms with Crippen LogP contribution in [-0.2, 0) is 27.2 Å². The van der Waals surface area contributed by atoms with E-state index in [1.165, 1.54) is 5.56 Å². The highest BCUT2D eigenvalue weighted by atomic mass is 16.5. The number of nitrogens with one attached hydrogen (secondary N) is 2. The Kier molecular flexibility index (Phi) is 11.7. The molecule has 0 bridgehead atoms. The minimum atomic E-state index is -0.113. The monoisotopic (exact) mass is 520 g/mol. The maximum Gasteiger partial charge on any atom is 0.251 e. The Morgan fingerprint density at radius 2 is 1.42 bits per heavy atom. The average molecular weight is 521 g/mol. The zero-order valence-electron chi connectivity index (χ0n) is 22.3. The van der Waals surface area contributed by atoms with Crippen LogP contribution in [0.2, 0.25) is 0 Å². The van der Waals surface area contributed by atoms with Gasteiger partial charge in [0.15, 0.2) is 5.82 Å². The molecule has 0 fully saturated rings. The van der Waals surface area contributed by atoms with Crippen molar-refractivity contribution in [3.8, 4) is 11.4 Å². The molecule has 3 aromatic rings. The molecule has 0 unspecified atom stereocenters. The first-order valence-electron chi connectivity index (χ1n) is 12.8. The van der Waals surface area contributed by atoms with Gasteiger partial charge in [0, 0.05) is 30.6 Å². The predicted octanol–water partition coefficient (Wildman–Crippen LogP) is 2.91. The molecule has 2 amide bonds. The van der Waals surface area contributed by atoms with Crippen molar-refractivity contribution in [1.82, 2.24) is 31.0 Å². The van der Waals surface area contributed by atoms with E-state index in [4.69, 9.17) is 9.47 Å². The number of hydrogen-bond donors (Lipinski definition) is 2. The van der Waals surface area contributed by atoms with Crippen LogP contribution in [-0.4, -0.2) is 65.2 Å². The molecule has 0 aliphatic carbocycles. The van der Waals surface area contributed by atoms with Crippen LogP contribution in [0.25, 0.3) is 11.4 Å². The van der Waals surface area contributed by atoms with Crippen LogP contribution < -0.4 is 10.6 Å². The van der Waals surface area contributed by atoms with E-state index in [1.54, 1.807) is 6.92 Å². The summed E-state index contributed by atoms with van der Waals surface area (Å²) < 4.78 is 11.0. The summed E-state index contributed by atoms with van der Waals surface area (Å²) in [5, 5.41) is 21.6. The lowest BCUT2D eigenvalue weighted by molar-refractivity contribution is -0.122. The Morgan fingerprint density at radius 3 is 2.08 bits per heavy atom. The molecule has 0 saturated carbocycles. The summed E-state index contributed by atoms with van der Waals surface area (Å²) in [5.74, 6) is 1.35. The van der Waals surface area contributed by atoms with E-state index in [-0.39, 0.29) is 18.2 Å². The number of aryl methyl sites for hydroxylation is 1. The highest BCUT2D eigenvalue weighted by molar-refractivity contribution is 5.94. The lowest BCUT2D eigenvalue weighted by Gasteiger charge is -2.09. The molecule has 0 atom stereocenters. The summed E-state index contributed by atoms with van der Waals surface area (Å²) in [4.78, 5) is 24.3. The molecular formula is C28H36N6O4. The van der Waals surface area contributed by atoms with Gasteiger partial charge in [-0.15, -0.1) is 20.4 Å². The molecule has 10 heteroatoms. The SMILES string of the molecule is Cc1nnc(-c2ccc(CNC(=O)CCOCCOCCNC(=O)c3ccc(CC(C)C)cc3)cc2)nn1. The average Bonchev–Trinajstić information content (AvgIpc) is 2.91. The topological polar surface area (TPSA) is 128 Å². The lowest BCUT2D eigenvalue weighted by Crippen LogP contribution is -2.27. The highest BCUT2D eigenvalue weighted by Gasteiger charge is 2.07. The molecule has 202 valence electrons. The van der Waals surface area contributed by atoms with Gasteiger partial charge in [0.1, 0.15) is 0 Å². The molecule has 2 aromatic carbocycles. The van der Waals surface area contributed by atoms with E-state index in [2.05, 4.69) is 44.9 Å². The van der Waals surface area contributed by atoms with E-state index in [0.717, 1.165) is 17.5 Å². The molecule has 0 aliphatic heterocycles. The molecule has 0 aliphatic rings. The molecule has 1 heterocycles. The number of nitrogens with zero attached hydrogens (tertiary/aromatic N) is 4. The maximum atomic E-state index is 12.2. The smallest absolute Gasteiger partial charge is 0.251 e. The van der Waals surface area contributed by atoms with Crippen molar-refractivity contribution in [2.45, 2.75) is 40.2 Å². The number of rotatable bonds is 15. The quantitative estimate of drug-likeness (QED) is 0.293. The van der Waals surface area contributed by atoms with E-state index >= 15 is 0 Å². The molecule has 0 saturated heterocycles. The number of benzene rings is 2. The van der Waals surface area contributed by atoms with Crippen LogP contribution in [0.4, 0.5) is 0 Å². The van der Waals surface area contributed by atoms with Crippen molar-refractivity contribution in [2.75, 3.05) is 33.0 Å². The first kappa shape index (κ1) is 28.8. The van der Waals surface area contributed by atoms with Gasteiger partial charge < -0.3 is 20.1 Å². The van der Waals surface area contributed by atoms with Crippen molar-refractivity contribution in [3.05, 3.63) is 71.0 Å². The fraction of sp³-hybridized carbons (Fsp3) is 0.429. The summed E-state index contributed by atoms with van der Waals surface area (Å²) in [6, 6.07) is 15.2. The van der Waals surface area contributed by atoms with E-state index in [9.17, 15) is 9.59 Å². The second-order valence-electron chi connectivity index (χ2n) is 9.27. The van der Waals surface area contributed by atoms with Gasteiger partial charge >= 0.3 is 0 Å². The third-order valence-electron chi connectivity index (χ3n) is 5.52. The largest absolute Gasteiger partial charge is 0.379 e. The van der Waals surface area contributed by atoms with Gasteiger partial charge in [-0.1, -0.05) is 50.2 Å². The fourth-order valence-electron chi connectivity index (χ4n) is 3.54. The Balaban J connectivity index is 1.19. The van der Waals surface area contributed by atoms with Gasteiger partial charge in [0.2, 0.25) is 11.7 Å². The molecule has 0 radical (unpaired) electrons. The van der Waals surface area contributed by atoms with Crippen molar-refractivity contribution in [1.29, 1.82) is 0 Å². The van der Waals surface area contributed by atoms with Gasteiger partial charge in [-0.2, -0.15) is 0 Å². The third kappa shape index (κ3) is 10.3. The van der Waals surface area contributed by atoms with Crippen molar-refractivity contribution in [2.24, 2.45) is 5.92 Å². The first-order chi connectivity index (χ1) is 18.4. The molecule has 2 N–H and O–H groups in total. The van der Waals surface area contributed by atoms with E-state index < -0.39 is 0 Å². The summed E-state index contributed by atoms with van der Waals surface area (Å²) in [5.41, 5.74) is 3.64. The van der Waals surface area contributed by atoms with Crippen molar-refractivity contribution >= 4 is 11.8 Å². The van der Waals surface area contributed by atoms with Gasteiger partial charge in [0.25, 0.3) is 5.91 Å². The number of ether oxygens (including phenoxy) is 2. The number of carbonyl (C=O) groups excluding carboxylic acids is 2. The molecule has 1 aromatic heterocycles. The van der Waals surface area contributed by atoms with Crippen molar-refractivity contribution in [3.63, 3.8) is 0 Å². The number of hydrogen-bond acceptors (Lipinski definition) is 8. The van der Waals surface area contributed by atoms with Crippen LogP contribution in [0.5, 0.6) is 0 Å². The van der Waals surface area contributed by atoms with Crippen LogP contribution in [0.3, 0.4) is 0 Å². The van der Waals surface area contributed by atoms with Gasteiger partial charge in [0.05, 0.1) is 26.4 Å². The number of aromatic nitrogens is 4. The van der Waals surface area contributed by atoms with Crippen LogP contribution in [0, 0.1) is 12.8 Å². The normalized spacial score (nSPS) is 10.9. The van der Waals surface area contributed by atoms with Crippen LogP contribution in [0.1, 0.15) is 47.6 Å². The number of carbonyl (C=O) groups is 2. The summed E-state index contributed by atoms with van der Waals surface area (Å²) >= 11 is 0. The minimum absolute atomic E-state index is 0.0924. The Labute approximate surface area is 223 Å². The molecule has 0 spiro atoms. The summed E-state index contributed by atoms with van der Waals surface area (Å²) in [6.07, 6.45) is 1.26. The molecule has 3 rings (SSSR count). The van der Waals surface area contributed by atoms with Crippen LogP contribution >= 0.6 is 0 Å². The Morgan fingerprint density at radius 1 is 0.789 bits per heavy atom. The second kappa shape index (κ2) is 15.5. The maximum absolute atomic E-state index is 12.2. The first-order valence-corrected chi connectivity index (χ1v) is 12.8. The minimum Gasteiger partial charge on any atom is -0.379 e. The third-order valence-corrected chi connectivity index (χ3v) is 5.52. The second-order valence-corrected chi connectivity index (χ2v) is 9.27. The zero-order valence-corrected chi connectivity index (χ0v) is 22.3. The Hall–Kier alpha value is -3.76. The Bertz CT molecular complexity index is 1140. The molecular weight excluding hydrogens is 484 g/mol. The number of amides is 2. The van der Waals surface area contributed by atoms with E-state index in [1.807, 2.05) is 48.5 Å². The predicted molar refractivity (Wildman–Crippen MR) is 143 cm³/mol. The van der Waals surface area contributed by atoms with Gasteiger partial charge in [-0.05, 0) is 42.5 Å². The van der Waals surface area contributed by atoms with Crippen LogP contribution in [0.15, 0.2) is 48.5 Å². The van der Waals surface area contributed by atoms with Crippen molar-refractivity contribution < 1.29 is 19.1 Å². The lowest BCUT2D eigenvalue weighted by atomic mass is 10.0.